The molecule has 4 nitrogen and oxygen atoms in total. The standard InChI is InChI=1S/C16H13N3OS3/c20-14(17-12-7-3-1-4-8-12)11-22-15-18-19(16(21)23-15)13-9-5-2-6-10-13/h1-10H,11H2,(H,17,20). The van der Waals surface area contributed by atoms with Crippen LogP contribution in [0, 0.1) is 3.95 Å². The average Bonchev–Trinajstić information content (AvgIpc) is 2.96. The molecule has 0 aliphatic carbocycles. The largest absolute Gasteiger partial charge is 0.325 e. The van der Waals surface area contributed by atoms with Crippen molar-refractivity contribution in [1.29, 1.82) is 0 Å². The lowest BCUT2D eigenvalue weighted by atomic mass is 10.3. The van der Waals surface area contributed by atoms with Crippen LogP contribution in [0.4, 0.5) is 5.69 Å². The maximum absolute atomic E-state index is 12.0. The molecule has 2 aromatic carbocycles. The molecule has 23 heavy (non-hydrogen) atoms. The summed E-state index contributed by atoms with van der Waals surface area (Å²) in [7, 11) is 0. The van der Waals surface area contributed by atoms with E-state index in [1.807, 2.05) is 60.7 Å². The highest BCUT2D eigenvalue weighted by Gasteiger charge is 2.09. The van der Waals surface area contributed by atoms with Crippen molar-refractivity contribution in [2.75, 3.05) is 11.1 Å². The number of hydrogen-bond acceptors (Lipinski definition) is 5. The Morgan fingerprint density at radius 2 is 1.78 bits per heavy atom. The number of hydrogen-bond donors (Lipinski definition) is 1. The van der Waals surface area contributed by atoms with Crippen LogP contribution in [0.15, 0.2) is 65.0 Å². The molecule has 1 heterocycles. The molecule has 0 saturated heterocycles. The summed E-state index contributed by atoms with van der Waals surface area (Å²) >= 11 is 8.14. The molecule has 7 heteroatoms. The average molecular weight is 360 g/mol. The quantitative estimate of drug-likeness (QED) is 0.542. The van der Waals surface area contributed by atoms with Gasteiger partial charge in [-0.25, -0.2) is 4.68 Å². The van der Waals surface area contributed by atoms with Crippen molar-refractivity contribution in [3.8, 4) is 5.69 Å². The van der Waals surface area contributed by atoms with E-state index in [1.165, 1.54) is 23.1 Å². The lowest BCUT2D eigenvalue weighted by molar-refractivity contribution is -0.113. The molecule has 0 saturated carbocycles. The third-order valence-corrected chi connectivity index (χ3v) is 5.28. The summed E-state index contributed by atoms with van der Waals surface area (Å²) in [5.74, 6) is 0.236. The summed E-state index contributed by atoms with van der Waals surface area (Å²) < 4.78 is 3.17. The van der Waals surface area contributed by atoms with Gasteiger partial charge in [-0.2, -0.15) is 0 Å². The normalized spacial score (nSPS) is 10.4. The molecule has 0 fully saturated rings. The second kappa shape index (κ2) is 7.54. The highest BCUT2D eigenvalue weighted by molar-refractivity contribution is 8.01. The Hall–Kier alpha value is -1.96. The summed E-state index contributed by atoms with van der Waals surface area (Å²) in [6, 6.07) is 19.1. The van der Waals surface area contributed by atoms with Gasteiger partial charge in [0.1, 0.15) is 0 Å². The summed E-state index contributed by atoms with van der Waals surface area (Å²) in [5.41, 5.74) is 1.72. The van der Waals surface area contributed by atoms with E-state index in [9.17, 15) is 4.79 Å². The zero-order valence-corrected chi connectivity index (χ0v) is 14.5. The van der Waals surface area contributed by atoms with Crippen molar-refractivity contribution >= 4 is 46.9 Å². The van der Waals surface area contributed by atoms with Crippen LogP contribution in [-0.4, -0.2) is 21.4 Å². The molecule has 0 aliphatic heterocycles. The smallest absolute Gasteiger partial charge is 0.234 e. The van der Waals surface area contributed by atoms with Gasteiger partial charge in [0.05, 0.1) is 11.4 Å². The number of carbonyl (C=O) groups excluding carboxylic acids is 1. The first kappa shape index (κ1) is 15.9. The predicted molar refractivity (Wildman–Crippen MR) is 98.1 cm³/mol. The van der Waals surface area contributed by atoms with Crippen LogP contribution in [0.3, 0.4) is 0 Å². The van der Waals surface area contributed by atoms with Crippen LogP contribution >= 0.6 is 35.3 Å². The van der Waals surface area contributed by atoms with Gasteiger partial charge in [-0.15, -0.1) is 5.10 Å². The molecule has 3 aromatic rings. The molecule has 0 radical (unpaired) electrons. The highest BCUT2D eigenvalue weighted by Crippen LogP contribution is 2.24. The molecule has 1 aromatic heterocycles. The minimum absolute atomic E-state index is 0.0615. The zero-order chi connectivity index (χ0) is 16.1. The maximum atomic E-state index is 12.0. The van der Waals surface area contributed by atoms with Crippen molar-refractivity contribution in [3.63, 3.8) is 0 Å². The Morgan fingerprint density at radius 3 is 2.48 bits per heavy atom. The molecular formula is C16H13N3OS3. The van der Waals surface area contributed by atoms with Gasteiger partial charge in [-0.1, -0.05) is 59.5 Å². The number of carbonyl (C=O) groups is 1. The van der Waals surface area contributed by atoms with Crippen molar-refractivity contribution in [3.05, 3.63) is 64.6 Å². The molecule has 0 unspecified atom stereocenters. The number of aromatic nitrogens is 2. The third-order valence-electron chi connectivity index (χ3n) is 2.91. The van der Waals surface area contributed by atoms with Crippen LogP contribution in [-0.2, 0) is 4.79 Å². The van der Waals surface area contributed by atoms with E-state index >= 15 is 0 Å². The maximum Gasteiger partial charge on any atom is 0.234 e. The van der Waals surface area contributed by atoms with Gasteiger partial charge in [0.25, 0.3) is 0 Å². The van der Waals surface area contributed by atoms with Gasteiger partial charge in [0.2, 0.25) is 5.91 Å². The second-order valence-corrected chi connectivity index (χ2v) is 7.43. The first-order chi connectivity index (χ1) is 11.2. The van der Waals surface area contributed by atoms with E-state index < -0.39 is 0 Å². The minimum Gasteiger partial charge on any atom is -0.325 e. The zero-order valence-electron chi connectivity index (χ0n) is 12.0. The fourth-order valence-electron chi connectivity index (χ4n) is 1.90. The predicted octanol–water partition coefficient (Wildman–Crippen LogP) is 4.39. The molecule has 116 valence electrons. The minimum atomic E-state index is -0.0615. The van der Waals surface area contributed by atoms with Crippen molar-refractivity contribution in [2.24, 2.45) is 0 Å². The number of nitrogens with zero attached hydrogens (tertiary/aromatic N) is 2. The Labute approximate surface area is 147 Å². The molecular weight excluding hydrogens is 346 g/mol. The Balaban J connectivity index is 1.63. The molecule has 0 bridgehead atoms. The number of rotatable bonds is 5. The third kappa shape index (κ3) is 4.28. The van der Waals surface area contributed by atoms with Crippen molar-refractivity contribution < 1.29 is 4.79 Å². The van der Waals surface area contributed by atoms with Gasteiger partial charge in [-0.3, -0.25) is 4.79 Å². The monoisotopic (exact) mass is 359 g/mol. The fraction of sp³-hybridized carbons (Fsp3) is 0.0625. The lowest BCUT2D eigenvalue weighted by Gasteiger charge is -2.03. The number of nitrogens with one attached hydrogen (secondary N) is 1. The van der Waals surface area contributed by atoms with Gasteiger partial charge >= 0.3 is 0 Å². The molecule has 0 atom stereocenters. The topological polar surface area (TPSA) is 46.9 Å². The number of benzene rings is 2. The first-order valence-electron chi connectivity index (χ1n) is 6.86. The van der Waals surface area contributed by atoms with Gasteiger partial charge in [0.15, 0.2) is 8.29 Å². The summed E-state index contributed by atoms with van der Waals surface area (Å²) in [4.78, 5) is 12.0. The van der Waals surface area contributed by atoms with E-state index in [4.69, 9.17) is 12.2 Å². The molecule has 3 rings (SSSR count). The van der Waals surface area contributed by atoms with Crippen molar-refractivity contribution in [2.45, 2.75) is 4.34 Å². The van der Waals surface area contributed by atoms with Crippen LogP contribution < -0.4 is 5.32 Å². The number of para-hydroxylation sites is 2. The van der Waals surface area contributed by atoms with Gasteiger partial charge in [0, 0.05) is 5.69 Å². The summed E-state index contributed by atoms with van der Waals surface area (Å²) in [6.45, 7) is 0. The van der Waals surface area contributed by atoms with Gasteiger partial charge < -0.3 is 5.32 Å². The van der Waals surface area contributed by atoms with E-state index in [0.29, 0.717) is 9.71 Å². The summed E-state index contributed by atoms with van der Waals surface area (Å²) in [6.07, 6.45) is 0. The van der Waals surface area contributed by atoms with E-state index in [1.54, 1.807) is 4.68 Å². The Bertz CT molecular complexity index is 844. The summed E-state index contributed by atoms with van der Waals surface area (Å²) in [5, 5.41) is 7.32. The molecule has 0 spiro atoms. The van der Waals surface area contributed by atoms with Crippen molar-refractivity contribution in [1.82, 2.24) is 9.78 Å². The SMILES string of the molecule is O=C(CSc1nn(-c2ccccc2)c(=S)s1)Nc1ccccc1. The Kier molecular flexibility index (Phi) is 5.22. The lowest BCUT2D eigenvalue weighted by Crippen LogP contribution is -2.13. The molecule has 1 amide bonds. The van der Waals surface area contributed by atoms with Crippen LogP contribution in [0.25, 0.3) is 5.69 Å². The first-order valence-corrected chi connectivity index (χ1v) is 9.07. The second-order valence-electron chi connectivity index (χ2n) is 4.58. The van der Waals surface area contributed by atoms with Gasteiger partial charge in [-0.05, 0) is 36.5 Å². The van der Waals surface area contributed by atoms with Crippen LogP contribution in [0.2, 0.25) is 0 Å². The van der Waals surface area contributed by atoms with Crippen LogP contribution in [0.1, 0.15) is 0 Å². The number of thioether (sulfide) groups is 1. The molecule has 0 aliphatic rings. The van der Waals surface area contributed by atoms with E-state index in [-0.39, 0.29) is 5.91 Å². The van der Waals surface area contributed by atoms with Crippen LogP contribution in [0.5, 0.6) is 0 Å². The fourth-order valence-corrected chi connectivity index (χ4v) is 4.06. The molecule has 1 N–H and O–H groups in total. The Morgan fingerprint density at radius 1 is 1.13 bits per heavy atom. The highest BCUT2D eigenvalue weighted by atomic mass is 32.2. The van der Waals surface area contributed by atoms with E-state index in [2.05, 4.69) is 10.4 Å². The number of anilines is 1. The number of amides is 1. The van der Waals surface area contributed by atoms with E-state index in [0.717, 1.165) is 15.7 Å².